The van der Waals surface area contributed by atoms with Crippen LogP contribution in [0.25, 0.3) is 11.0 Å². The fourth-order valence-electron chi connectivity index (χ4n) is 3.11. The summed E-state index contributed by atoms with van der Waals surface area (Å²) in [5.41, 5.74) is 1.60. The molecular weight excluding hydrogens is 402 g/mol. The minimum Gasteiger partial charge on any atom is -0.497 e. The molecule has 0 aliphatic carbocycles. The number of carbonyl (C=O) groups excluding carboxylic acids is 2. The van der Waals surface area contributed by atoms with Crippen LogP contribution in [-0.4, -0.2) is 32.7 Å². The quantitative estimate of drug-likeness (QED) is 0.436. The van der Waals surface area contributed by atoms with Crippen LogP contribution in [-0.2, 0) is 20.7 Å². The van der Waals surface area contributed by atoms with Crippen molar-refractivity contribution in [1.29, 1.82) is 0 Å². The van der Waals surface area contributed by atoms with E-state index in [-0.39, 0.29) is 12.8 Å². The summed E-state index contributed by atoms with van der Waals surface area (Å²) in [5.74, 6) is 0.198. The second kappa shape index (κ2) is 9.80. The van der Waals surface area contributed by atoms with Crippen molar-refractivity contribution >= 4 is 28.5 Å². The van der Waals surface area contributed by atoms with Gasteiger partial charge in [0.15, 0.2) is 6.61 Å². The Bertz CT molecular complexity index is 1150. The topological polar surface area (TPSA) is 104 Å². The van der Waals surface area contributed by atoms with E-state index in [1.54, 1.807) is 56.5 Å². The number of methoxy groups -OCH3 is 2. The Morgan fingerprint density at radius 1 is 1.00 bits per heavy atom. The molecule has 1 heterocycles. The third-order valence-electron chi connectivity index (χ3n) is 4.81. The van der Waals surface area contributed by atoms with Crippen LogP contribution in [0.15, 0.2) is 51.7 Å². The molecule has 1 amide bonds. The summed E-state index contributed by atoms with van der Waals surface area (Å²) in [4.78, 5) is 36.4. The maximum Gasteiger partial charge on any atom is 0.339 e. The van der Waals surface area contributed by atoms with Gasteiger partial charge in [-0.15, -0.1) is 0 Å². The Morgan fingerprint density at radius 2 is 1.68 bits per heavy atom. The number of hydrogen-bond donors (Lipinski definition) is 1. The fourth-order valence-corrected chi connectivity index (χ4v) is 3.11. The van der Waals surface area contributed by atoms with Gasteiger partial charge in [0, 0.05) is 29.1 Å². The molecule has 2 aromatic carbocycles. The van der Waals surface area contributed by atoms with Gasteiger partial charge >= 0.3 is 11.6 Å². The lowest BCUT2D eigenvalue weighted by Crippen LogP contribution is -2.21. The summed E-state index contributed by atoms with van der Waals surface area (Å²) in [6.07, 6.45) is 0.0954. The van der Waals surface area contributed by atoms with Gasteiger partial charge in [-0.3, -0.25) is 9.59 Å². The maximum atomic E-state index is 12.3. The number of fused-ring (bicyclic) bond motifs is 1. The molecule has 3 rings (SSSR count). The van der Waals surface area contributed by atoms with Gasteiger partial charge < -0.3 is 23.9 Å². The van der Waals surface area contributed by atoms with E-state index in [4.69, 9.17) is 18.6 Å². The summed E-state index contributed by atoms with van der Waals surface area (Å²) in [6, 6.07) is 12.0. The minimum atomic E-state index is -0.585. The molecule has 162 valence electrons. The van der Waals surface area contributed by atoms with Gasteiger partial charge in [0.05, 0.1) is 14.2 Å². The lowest BCUT2D eigenvalue weighted by atomic mass is 10.0. The van der Waals surface area contributed by atoms with E-state index in [0.717, 1.165) is 10.9 Å². The maximum absolute atomic E-state index is 12.3. The van der Waals surface area contributed by atoms with Gasteiger partial charge in [0.1, 0.15) is 17.1 Å². The number of anilines is 1. The number of nitrogens with one attached hydrogen (secondary N) is 1. The molecule has 0 saturated heterocycles. The molecule has 0 radical (unpaired) electrons. The zero-order valence-electron chi connectivity index (χ0n) is 17.5. The first-order valence-electron chi connectivity index (χ1n) is 9.61. The average Bonchev–Trinajstić information content (AvgIpc) is 2.77. The van der Waals surface area contributed by atoms with Gasteiger partial charge in [0.25, 0.3) is 5.91 Å². The Labute approximate surface area is 178 Å². The molecule has 0 bridgehead atoms. The van der Waals surface area contributed by atoms with Crippen molar-refractivity contribution in [3.8, 4) is 11.5 Å². The Hall–Kier alpha value is -3.81. The molecule has 0 saturated carbocycles. The predicted octanol–water partition coefficient (Wildman–Crippen LogP) is 3.23. The van der Waals surface area contributed by atoms with Crippen molar-refractivity contribution < 1.29 is 28.2 Å². The highest BCUT2D eigenvalue weighted by Gasteiger charge is 2.15. The number of ether oxygens (including phenoxy) is 3. The molecule has 0 unspecified atom stereocenters. The molecule has 0 spiro atoms. The second-order valence-corrected chi connectivity index (χ2v) is 6.79. The first-order chi connectivity index (χ1) is 14.9. The van der Waals surface area contributed by atoms with Crippen LogP contribution in [0.2, 0.25) is 0 Å². The van der Waals surface area contributed by atoms with Crippen molar-refractivity contribution in [2.75, 3.05) is 26.1 Å². The second-order valence-electron chi connectivity index (χ2n) is 6.79. The van der Waals surface area contributed by atoms with Crippen LogP contribution in [0.4, 0.5) is 5.69 Å². The largest absolute Gasteiger partial charge is 0.497 e. The fraction of sp³-hybridized carbons (Fsp3) is 0.261. The highest BCUT2D eigenvalue weighted by atomic mass is 16.5. The standard InChI is InChI=1S/C23H23NO7/c1-14-18-9-8-17(29-3)12-20(18)31-23(27)19(14)10-11-22(26)30-13-21(25)24-15-4-6-16(28-2)7-5-15/h4-9,12H,10-11,13H2,1-3H3,(H,24,25). The van der Waals surface area contributed by atoms with Crippen molar-refractivity contribution in [3.05, 3.63) is 64.0 Å². The SMILES string of the molecule is COc1ccc(NC(=O)COC(=O)CCc2c(C)c3ccc(OC)cc3oc2=O)cc1. The molecule has 8 heteroatoms. The lowest BCUT2D eigenvalue weighted by molar-refractivity contribution is -0.147. The van der Waals surface area contributed by atoms with Gasteiger partial charge in [-0.25, -0.2) is 4.79 Å². The number of benzene rings is 2. The van der Waals surface area contributed by atoms with Gasteiger partial charge in [-0.1, -0.05) is 0 Å². The molecule has 31 heavy (non-hydrogen) atoms. The number of hydrogen-bond acceptors (Lipinski definition) is 7. The van der Waals surface area contributed by atoms with Crippen molar-refractivity contribution in [2.45, 2.75) is 19.8 Å². The van der Waals surface area contributed by atoms with Gasteiger partial charge in [0.2, 0.25) is 0 Å². The van der Waals surface area contributed by atoms with Gasteiger partial charge in [-0.2, -0.15) is 0 Å². The lowest BCUT2D eigenvalue weighted by Gasteiger charge is -2.09. The Balaban J connectivity index is 1.56. The van der Waals surface area contributed by atoms with E-state index in [9.17, 15) is 14.4 Å². The number of rotatable bonds is 8. The van der Waals surface area contributed by atoms with E-state index in [1.807, 2.05) is 0 Å². The van der Waals surface area contributed by atoms with Crippen LogP contribution < -0.4 is 20.4 Å². The van der Waals surface area contributed by atoms with Crippen LogP contribution in [0.1, 0.15) is 17.5 Å². The summed E-state index contributed by atoms with van der Waals surface area (Å²) < 4.78 is 20.6. The van der Waals surface area contributed by atoms with Crippen LogP contribution in [0.5, 0.6) is 11.5 Å². The average molecular weight is 425 g/mol. The molecule has 0 fully saturated rings. The van der Waals surface area contributed by atoms with Crippen molar-refractivity contribution in [3.63, 3.8) is 0 Å². The molecule has 8 nitrogen and oxygen atoms in total. The van der Waals surface area contributed by atoms with Crippen molar-refractivity contribution in [1.82, 2.24) is 0 Å². The molecule has 3 aromatic rings. The summed E-state index contributed by atoms with van der Waals surface area (Å²) in [6.45, 7) is 1.38. The van der Waals surface area contributed by atoms with E-state index in [0.29, 0.717) is 28.3 Å². The number of esters is 1. The van der Waals surface area contributed by atoms with Gasteiger partial charge in [-0.05, 0) is 55.3 Å². The molecule has 1 aromatic heterocycles. The zero-order chi connectivity index (χ0) is 22.4. The molecule has 1 N–H and O–H groups in total. The van der Waals surface area contributed by atoms with E-state index in [2.05, 4.69) is 5.32 Å². The highest BCUT2D eigenvalue weighted by Crippen LogP contribution is 2.24. The number of aryl methyl sites for hydroxylation is 1. The smallest absolute Gasteiger partial charge is 0.339 e. The number of carbonyl (C=O) groups is 2. The highest BCUT2D eigenvalue weighted by molar-refractivity contribution is 5.92. The summed E-state index contributed by atoms with van der Waals surface area (Å²) in [7, 11) is 3.08. The zero-order valence-corrected chi connectivity index (χ0v) is 17.5. The number of amides is 1. The predicted molar refractivity (Wildman–Crippen MR) is 115 cm³/mol. The molecular formula is C23H23NO7. The van der Waals surface area contributed by atoms with E-state index < -0.39 is 24.1 Å². The monoisotopic (exact) mass is 425 g/mol. The van der Waals surface area contributed by atoms with Crippen LogP contribution in [0.3, 0.4) is 0 Å². The molecule has 0 aliphatic rings. The first-order valence-corrected chi connectivity index (χ1v) is 9.61. The van der Waals surface area contributed by atoms with Crippen molar-refractivity contribution in [2.24, 2.45) is 0 Å². The summed E-state index contributed by atoms with van der Waals surface area (Å²) in [5, 5.41) is 3.39. The van der Waals surface area contributed by atoms with E-state index in [1.165, 1.54) is 7.11 Å². The summed E-state index contributed by atoms with van der Waals surface area (Å²) >= 11 is 0. The first kappa shape index (κ1) is 21.9. The third-order valence-corrected chi connectivity index (χ3v) is 4.81. The van der Waals surface area contributed by atoms with E-state index >= 15 is 0 Å². The van der Waals surface area contributed by atoms with Crippen LogP contribution in [0, 0.1) is 6.92 Å². The minimum absolute atomic E-state index is 0.0525. The van der Waals surface area contributed by atoms with Crippen LogP contribution >= 0.6 is 0 Å². The Kier molecular flexibility index (Phi) is 6.92. The normalized spacial score (nSPS) is 10.5. The molecule has 0 atom stereocenters. The third kappa shape index (κ3) is 5.42. The Morgan fingerprint density at radius 3 is 2.35 bits per heavy atom. The molecule has 0 aliphatic heterocycles.